The average Bonchev–Trinajstić information content (AvgIpc) is 3.13. The van der Waals surface area contributed by atoms with E-state index in [0.717, 1.165) is 24.3 Å². The molecule has 1 aliphatic carbocycles. The van der Waals surface area contributed by atoms with Crippen LogP contribution in [-0.4, -0.2) is 40.3 Å². The van der Waals surface area contributed by atoms with Crippen LogP contribution in [0, 0.1) is 12.8 Å². The van der Waals surface area contributed by atoms with E-state index in [-0.39, 0.29) is 6.10 Å². The van der Waals surface area contributed by atoms with Crippen molar-refractivity contribution in [3.05, 3.63) is 35.8 Å². The van der Waals surface area contributed by atoms with Gasteiger partial charge in [0.15, 0.2) is 0 Å². The highest BCUT2D eigenvalue weighted by Crippen LogP contribution is 2.22. The van der Waals surface area contributed by atoms with Crippen molar-refractivity contribution in [2.45, 2.75) is 58.5 Å². The smallest absolute Gasteiger partial charge is 0.250 e. The Balaban J connectivity index is 0.000000167. The third-order valence-corrected chi connectivity index (χ3v) is 4.80. The van der Waals surface area contributed by atoms with E-state index >= 15 is 0 Å². The first-order valence-electron chi connectivity index (χ1n) is 9.75. The molecular weight excluding hydrogens is 342 g/mol. The summed E-state index contributed by atoms with van der Waals surface area (Å²) in [5.41, 5.74) is 6.29. The van der Waals surface area contributed by atoms with Crippen LogP contribution >= 0.6 is 0 Å². The quantitative estimate of drug-likeness (QED) is 0.798. The summed E-state index contributed by atoms with van der Waals surface area (Å²) in [6.45, 7) is 5.41. The predicted octanol–water partition coefficient (Wildman–Crippen LogP) is 3.39. The zero-order valence-electron chi connectivity index (χ0n) is 16.4. The van der Waals surface area contributed by atoms with E-state index in [1.165, 1.54) is 32.1 Å². The van der Waals surface area contributed by atoms with Gasteiger partial charge in [-0.3, -0.25) is 4.79 Å². The van der Waals surface area contributed by atoms with Crippen LogP contribution in [0.1, 0.15) is 61.6 Å². The number of hydrogen-bond donors (Lipinski definition) is 2. The fourth-order valence-electron chi connectivity index (χ4n) is 3.17. The van der Waals surface area contributed by atoms with Crippen molar-refractivity contribution in [3.63, 3.8) is 0 Å². The molecule has 1 aliphatic heterocycles. The minimum absolute atomic E-state index is 0.176. The largest absolute Gasteiger partial charge is 0.391 e. The molecule has 1 aromatic heterocycles. The van der Waals surface area contributed by atoms with Gasteiger partial charge in [0.05, 0.1) is 23.8 Å². The summed E-state index contributed by atoms with van der Waals surface area (Å²) in [4.78, 5) is 19.3. The number of aliphatic hydroxyl groups excluding tert-OH is 1. The normalized spacial score (nSPS) is 19.6. The van der Waals surface area contributed by atoms with E-state index in [4.69, 9.17) is 15.6 Å². The van der Waals surface area contributed by atoms with Crippen molar-refractivity contribution >= 4 is 16.8 Å². The third-order valence-electron chi connectivity index (χ3n) is 4.80. The lowest BCUT2D eigenvalue weighted by Crippen LogP contribution is -2.12. The van der Waals surface area contributed by atoms with Crippen molar-refractivity contribution in [1.29, 1.82) is 0 Å². The summed E-state index contributed by atoms with van der Waals surface area (Å²) in [6.07, 6.45) is 9.77. The molecule has 1 atom stereocenters. The van der Waals surface area contributed by atoms with Crippen LogP contribution in [0.2, 0.25) is 0 Å². The number of nitrogens with two attached hydrogens (primary N) is 1. The summed E-state index contributed by atoms with van der Waals surface area (Å²) >= 11 is 0. The van der Waals surface area contributed by atoms with E-state index in [1.54, 1.807) is 25.3 Å². The first-order valence-corrected chi connectivity index (χ1v) is 9.75. The Morgan fingerprint density at radius 1 is 1.22 bits per heavy atom. The molecule has 0 bridgehead atoms. The molecule has 3 N–H and O–H groups in total. The van der Waals surface area contributed by atoms with Gasteiger partial charge in [-0.15, -0.1) is 0 Å². The number of fused-ring (bicyclic) bond motifs is 1. The number of carbonyl (C=O) groups is 1. The van der Waals surface area contributed by atoms with Gasteiger partial charge in [0.2, 0.25) is 0 Å². The number of ether oxygens (including phenoxy) is 1. The third kappa shape index (κ3) is 7.23. The molecule has 1 unspecified atom stereocenters. The number of nitrogens with zero attached hydrogens (tertiary/aromatic N) is 2. The number of amides is 1. The number of hydrogen-bond acceptors (Lipinski definition) is 5. The minimum Gasteiger partial charge on any atom is -0.391 e. The predicted molar refractivity (Wildman–Crippen MR) is 106 cm³/mol. The molecule has 4 rings (SSSR count). The fourth-order valence-corrected chi connectivity index (χ4v) is 3.17. The maximum atomic E-state index is 11.1. The molecule has 2 heterocycles. The molecule has 27 heavy (non-hydrogen) atoms. The number of benzene rings is 1. The molecule has 6 heteroatoms. The lowest BCUT2D eigenvalue weighted by Gasteiger charge is -2.15. The zero-order valence-corrected chi connectivity index (χ0v) is 16.4. The number of carbonyl (C=O) groups excluding carboxylic acids is 1. The molecule has 148 valence electrons. The minimum atomic E-state index is -0.464. The molecule has 1 saturated heterocycles. The lowest BCUT2D eigenvalue weighted by molar-refractivity contribution is 0.100. The Hall–Kier alpha value is -2.05. The summed E-state index contributed by atoms with van der Waals surface area (Å²) in [5, 5.41) is 9.43. The number of rotatable bonds is 1. The summed E-state index contributed by atoms with van der Waals surface area (Å²) in [5.74, 6) is 1.20. The van der Waals surface area contributed by atoms with Gasteiger partial charge in [-0.2, -0.15) is 0 Å². The molecule has 0 radical (unpaired) electrons. The topological polar surface area (TPSA) is 98.3 Å². The fraction of sp³-hybridized carbons (Fsp3) is 0.571. The van der Waals surface area contributed by atoms with Gasteiger partial charge in [0.1, 0.15) is 5.82 Å². The van der Waals surface area contributed by atoms with Crippen LogP contribution in [0.5, 0.6) is 0 Å². The molecule has 1 aromatic carbocycles. The van der Waals surface area contributed by atoms with Crippen molar-refractivity contribution in [1.82, 2.24) is 9.97 Å². The molecule has 6 nitrogen and oxygen atoms in total. The van der Waals surface area contributed by atoms with E-state index in [1.807, 2.05) is 6.07 Å². The molecule has 2 aromatic rings. The first kappa shape index (κ1) is 21.3. The number of primary amides is 1. The van der Waals surface area contributed by atoms with Crippen molar-refractivity contribution in [2.24, 2.45) is 11.7 Å². The van der Waals surface area contributed by atoms with Crippen LogP contribution in [0.25, 0.3) is 10.9 Å². The molecule has 1 saturated carbocycles. The monoisotopic (exact) mass is 373 g/mol. The Kier molecular flexibility index (Phi) is 8.61. The zero-order chi connectivity index (χ0) is 19.6. The van der Waals surface area contributed by atoms with Gasteiger partial charge < -0.3 is 15.6 Å². The van der Waals surface area contributed by atoms with Gasteiger partial charge >= 0.3 is 0 Å². The summed E-state index contributed by atoms with van der Waals surface area (Å²) in [6, 6.07) is 5.28. The number of para-hydroxylation sites is 1. The van der Waals surface area contributed by atoms with E-state index in [0.29, 0.717) is 23.5 Å². The highest BCUT2D eigenvalue weighted by atomic mass is 16.5. The van der Waals surface area contributed by atoms with Gasteiger partial charge in [0, 0.05) is 18.2 Å². The second kappa shape index (κ2) is 10.9. The Morgan fingerprint density at radius 3 is 2.44 bits per heavy atom. The first-order chi connectivity index (χ1) is 13.0. The molecule has 2 fully saturated rings. The Labute approximate surface area is 161 Å². The van der Waals surface area contributed by atoms with Crippen molar-refractivity contribution in [2.75, 3.05) is 13.2 Å². The number of aliphatic hydroxyl groups is 1. The van der Waals surface area contributed by atoms with Gasteiger partial charge in [-0.25, -0.2) is 9.97 Å². The van der Waals surface area contributed by atoms with E-state index in [2.05, 4.69) is 16.9 Å². The lowest BCUT2D eigenvalue weighted by atomic mass is 9.91. The molecular formula is C21H31N3O3. The Bertz CT molecular complexity index is 724. The van der Waals surface area contributed by atoms with Crippen molar-refractivity contribution in [3.8, 4) is 0 Å². The highest BCUT2D eigenvalue weighted by molar-refractivity contribution is 6.04. The van der Waals surface area contributed by atoms with Crippen LogP contribution in [-0.2, 0) is 4.74 Å². The number of aryl methyl sites for hydroxylation is 1. The molecule has 1 amide bonds. The van der Waals surface area contributed by atoms with E-state index in [9.17, 15) is 4.79 Å². The summed E-state index contributed by atoms with van der Waals surface area (Å²) < 4.78 is 4.81. The van der Waals surface area contributed by atoms with Gasteiger partial charge in [0.25, 0.3) is 5.91 Å². The molecule has 0 spiro atoms. The van der Waals surface area contributed by atoms with Crippen LogP contribution < -0.4 is 5.73 Å². The highest BCUT2D eigenvalue weighted by Gasteiger charge is 2.10. The second-order valence-electron chi connectivity index (χ2n) is 7.29. The van der Waals surface area contributed by atoms with E-state index < -0.39 is 5.91 Å². The standard InChI is InChI=1S/C10H9N3O.C7H14.C4H8O2/c1-6-12-5-7-3-2-4-8(10(11)14)9(7)13-6;1-7-5-3-2-4-6-7;5-4-1-2-6-3-4/h2-5H,1H3,(H2,11,14);7H,2-6H2,1H3;4-5H,1-3H2. The maximum absolute atomic E-state index is 11.1. The SMILES string of the molecule is CC1CCCCC1.Cc1ncc2cccc(C(N)=O)c2n1.OC1CCOC1. The van der Waals surface area contributed by atoms with Crippen LogP contribution in [0.3, 0.4) is 0 Å². The van der Waals surface area contributed by atoms with Crippen molar-refractivity contribution < 1.29 is 14.6 Å². The van der Waals surface area contributed by atoms with Crippen LogP contribution in [0.4, 0.5) is 0 Å². The van der Waals surface area contributed by atoms with Gasteiger partial charge in [-0.1, -0.05) is 51.2 Å². The number of aromatic nitrogens is 2. The maximum Gasteiger partial charge on any atom is 0.250 e. The van der Waals surface area contributed by atoms with Crippen LogP contribution in [0.15, 0.2) is 24.4 Å². The van der Waals surface area contributed by atoms with Gasteiger partial charge in [-0.05, 0) is 25.3 Å². The summed E-state index contributed by atoms with van der Waals surface area (Å²) in [7, 11) is 0. The second-order valence-corrected chi connectivity index (χ2v) is 7.29. The average molecular weight is 373 g/mol. The Morgan fingerprint density at radius 2 is 1.96 bits per heavy atom. The molecule has 2 aliphatic rings.